The summed E-state index contributed by atoms with van der Waals surface area (Å²) in [6, 6.07) is 9.66. The number of hydrogen-bond donors (Lipinski definition) is 1. The van der Waals surface area contributed by atoms with Gasteiger partial charge >= 0.3 is 0 Å². The molecule has 1 aromatic rings. The van der Waals surface area contributed by atoms with Crippen LogP contribution in [-0.2, 0) is 16.1 Å². The first-order valence-electron chi connectivity index (χ1n) is 6.85. The van der Waals surface area contributed by atoms with E-state index in [0.717, 1.165) is 5.56 Å². The number of hydrogen-bond acceptors (Lipinski definition) is 4. The Hall–Kier alpha value is -1.90. The number of benzene rings is 1. The van der Waals surface area contributed by atoms with Gasteiger partial charge in [0.2, 0.25) is 5.91 Å². The van der Waals surface area contributed by atoms with E-state index in [1.165, 1.54) is 0 Å². The normalized spacial score (nSPS) is 14.8. The van der Waals surface area contributed by atoms with E-state index in [1.807, 2.05) is 23.1 Å². The number of rotatable bonds is 5. The van der Waals surface area contributed by atoms with Gasteiger partial charge in [0.15, 0.2) is 0 Å². The first kappa shape index (κ1) is 14.5. The monoisotopic (exact) mass is 273 g/mol. The van der Waals surface area contributed by atoms with Crippen LogP contribution in [0, 0.1) is 11.3 Å². The van der Waals surface area contributed by atoms with Crippen molar-refractivity contribution in [2.75, 3.05) is 32.8 Å². The van der Waals surface area contributed by atoms with Crippen LogP contribution in [0.3, 0.4) is 0 Å². The van der Waals surface area contributed by atoms with Crippen LogP contribution in [-0.4, -0.2) is 43.7 Å². The average molecular weight is 273 g/mol. The highest BCUT2D eigenvalue weighted by Gasteiger charge is 2.15. The maximum atomic E-state index is 11.9. The molecule has 0 radical (unpaired) electrons. The number of nitrogens with one attached hydrogen (secondary N) is 1. The molecule has 106 valence electrons. The van der Waals surface area contributed by atoms with Crippen LogP contribution in [0.4, 0.5) is 0 Å². The third-order valence-corrected chi connectivity index (χ3v) is 3.33. The summed E-state index contributed by atoms with van der Waals surface area (Å²) in [6.45, 7) is 3.88. The molecule has 1 saturated heterocycles. The summed E-state index contributed by atoms with van der Waals surface area (Å²) in [4.78, 5) is 13.8. The van der Waals surface area contributed by atoms with Gasteiger partial charge in [-0.25, -0.2) is 0 Å². The van der Waals surface area contributed by atoms with E-state index in [0.29, 0.717) is 51.4 Å². The molecule has 0 spiro atoms. The molecular weight excluding hydrogens is 254 g/mol. The minimum atomic E-state index is 0.161. The smallest absolute Gasteiger partial charge is 0.224 e. The third kappa shape index (κ3) is 4.05. The molecule has 5 nitrogen and oxygen atoms in total. The number of carbonyl (C=O) groups excluding carboxylic acids is 1. The molecule has 0 saturated carbocycles. The highest BCUT2D eigenvalue weighted by atomic mass is 16.5. The minimum absolute atomic E-state index is 0.161. The first-order valence-corrected chi connectivity index (χ1v) is 6.85. The lowest BCUT2D eigenvalue weighted by molar-refractivity contribution is -0.135. The predicted octanol–water partition coefficient (Wildman–Crippen LogP) is 0.897. The van der Waals surface area contributed by atoms with E-state index in [4.69, 9.17) is 10.00 Å². The Morgan fingerprint density at radius 2 is 2.10 bits per heavy atom. The molecule has 1 amide bonds. The topological polar surface area (TPSA) is 65.4 Å². The van der Waals surface area contributed by atoms with Gasteiger partial charge in [-0.05, 0) is 11.6 Å². The number of nitrogens with zero attached hydrogens (tertiary/aromatic N) is 2. The lowest BCUT2D eigenvalue weighted by atomic mass is 10.1. The van der Waals surface area contributed by atoms with Crippen molar-refractivity contribution < 1.29 is 9.53 Å². The standard InChI is InChI=1S/C15H19N3O2/c16-11-13-3-1-2-4-14(13)12-17-6-5-15(19)18-7-9-20-10-8-18/h1-4,17H,5-10,12H2. The molecule has 1 heterocycles. The number of carbonyl (C=O) groups is 1. The molecule has 0 unspecified atom stereocenters. The Morgan fingerprint density at radius 1 is 1.35 bits per heavy atom. The summed E-state index contributed by atoms with van der Waals surface area (Å²) in [5, 5.41) is 12.2. The minimum Gasteiger partial charge on any atom is -0.378 e. The van der Waals surface area contributed by atoms with Gasteiger partial charge in [0, 0.05) is 32.6 Å². The van der Waals surface area contributed by atoms with Crippen LogP contribution >= 0.6 is 0 Å². The zero-order valence-electron chi connectivity index (χ0n) is 11.5. The molecular formula is C15H19N3O2. The Labute approximate surface area is 119 Å². The van der Waals surface area contributed by atoms with E-state index in [9.17, 15) is 4.79 Å². The number of amides is 1. The molecule has 1 aromatic carbocycles. The van der Waals surface area contributed by atoms with Crippen LogP contribution < -0.4 is 5.32 Å². The number of morpholine rings is 1. The van der Waals surface area contributed by atoms with Crippen molar-refractivity contribution >= 4 is 5.91 Å². The average Bonchev–Trinajstić information content (AvgIpc) is 2.52. The van der Waals surface area contributed by atoms with E-state index in [2.05, 4.69) is 11.4 Å². The Morgan fingerprint density at radius 3 is 2.85 bits per heavy atom. The maximum Gasteiger partial charge on any atom is 0.224 e. The highest BCUT2D eigenvalue weighted by Crippen LogP contribution is 2.06. The molecule has 1 aliphatic rings. The summed E-state index contributed by atoms with van der Waals surface area (Å²) < 4.78 is 5.22. The maximum absolute atomic E-state index is 11.9. The van der Waals surface area contributed by atoms with Crippen molar-refractivity contribution in [3.63, 3.8) is 0 Å². The van der Waals surface area contributed by atoms with E-state index >= 15 is 0 Å². The number of ether oxygens (including phenoxy) is 1. The first-order chi connectivity index (χ1) is 9.81. The predicted molar refractivity (Wildman–Crippen MR) is 74.9 cm³/mol. The van der Waals surface area contributed by atoms with Crippen LogP contribution in [0.25, 0.3) is 0 Å². The largest absolute Gasteiger partial charge is 0.378 e. The van der Waals surface area contributed by atoms with Gasteiger partial charge in [0.1, 0.15) is 0 Å². The van der Waals surface area contributed by atoms with Crippen molar-refractivity contribution in [2.24, 2.45) is 0 Å². The van der Waals surface area contributed by atoms with Gasteiger partial charge in [-0.1, -0.05) is 18.2 Å². The molecule has 0 aromatic heterocycles. The molecule has 20 heavy (non-hydrogen) atoms. The molecule has 0 atom stereocenters. The third-order valence-electron chi connectivity index (χ3n) is 3.33. The van der Waals surface area contributed by atoms with Gasteiger partial charge in [-0.15, -0.1) is 0 Å². The fraction of sp³-hybridized carbons (Fsp3) is 0.467. The molecule has 5 heteroatoms. The molecule has 0 bridgehead atoms. The van der Waals surface area contributed by atoms with E-state index < -0.39 is 0 Å². The van der Waals surface area contributed by atoms with Crippen LogP contribution in [0.1, 0.15) is 17.5 Å². The second-order valence-electron chi connectivity index (χ2n) is 4.69. The molecule has 1 aliphatic heterocycles. The van der Waals surface area contributed by atoms with Crippen molar-refractivity contribution in [3.05, 3.63) is 35.4 Å². The summed E-state index contributed by atoms with van der Waals surface area (Å²) in [5.41, 5.74) is 1.65. The molecule has 0 aliphatic carbocycles. The Bertz CT molecular complexity index is 490. The lowest BCUT2D eigenvalue weighted by Crippen LogP contribution is -2.41. The summed E-state index contributed by atoms with van der Waals surface area (Å²) in [7, 11) is 0. The second kappa shape index (κ2) is 7.63. The Kier molecular flexibility index (Phi) is 5.54. The van der Waals surface area contributed by atoms with Crippen LogP contribution in [0.5, 0.6) is 0 Å². The zero-order valence-corrected chi connectivity index (χ0v) is 11.5. The fourth-order valence-corrected chi connectivity index (χ4v) is 2.17. The van der Waals surface area contributed by atoms with Gasteiger partial charge in [0.05, 0.1) is 24.8 Å². The summed E-state index contributed by atoms with van der Waals surface area (Å²) in [5.74, 6) is 0.161. The SMILES string of the molecule is N#Cc1ccccc1CNCCC(=O)N1CCOCC1. The van der Waals surface area contributed by atoms with Crippen molar-refractivity contribution in [1.29, 1.82) is 5.26 Å². The molecule has 2 rings (SSSR count). The quantitative estimate of drug-likeness (QED) is 0.809. The van der Waals surface area contributed by atoms with E-state index in [-0.39, 0.29) is 5.91 Å². The summed E-state index contributed by atoms with van der Waals surface area (Å²) >= 11 is 0. The Balaban J connectivity index is 1.71. The number of nitriles is 1. The van der Waals surface area contributed by atoms with Crippen molar-refractivity contribution in [2.45, 2.75) is 13.0 Å². The van der Waals surface area contributed by atoms with Gasteiger partial charge in [0.25, 0.3) is 0 Å². The fourth-order valence-electron chi connectivity index (χ4n) is 2.17. The molecule has 1 N–H and O–H groups in total. The van der Waals surface area contributed by atoms with Crippen LogP contribution in [0.15, 0.2) is 24.3 Å². The highest BCUT2D eigenvalue weighted by molar-refractivity contribution is 5.76. The van der Waals surface area contributed by atoms with Gasteiger partial charge in [-0.3, -0.25) is 4.79 Å². The van der Waals surface area contributed by atoms with Crippen molar-refractivity contribution in [1.82, 2.24) is 10.2 Å². The summed E-state index contributed by atoms with van der Waals surface area (Å²) in [6.07, 6.45) is 0.481. The second-order valence-corrected chi connectivity index (χ2v) is 4.69. The zero-order chi connectivity index (χ0) is 14.2. The van der Waals surface area contributed by atoms with Gasteiger partial charge < -0.3 is 15.0 Å². The van der Waals surface area contributed by atoms with Gasteiger partial charge in [-0.2, -0.15) is 5.26 Å². The lowest BCUT2D eigenvalue weighted by Gasteiger charge is -2.26. The van der Waals surface area contributed by atoms with Crippen molar-refractivity contribution in [3.8, 4) is 6.07 Å². The van der Waals surface area contributed by atoms with E-state index in [1.54, 1.807) is 6.07 Å². The molecule has 1 fully saturated rings. The van der Waals surface area contributed by atoms with Crippen LogP contribution in [0.2, 0.25) is 0 Å².